The maximum atomic E-state index is 5.67. The van der Waals surface area contributed by atoms with Crippen molar-refractivity contribution in [1.29, 1.82) is 0 Å². The third-order valence-corrected chi connectivity index (χ3v) is 4.16. The average molecular weight is 298 g/mol. The van der Waals surface area contributed by atoms with Gasteiger partial charge < -0.3 is 18.9 Å². The lowest BCUT2D eigenvalue weighted by Gasteiger charge is -2.25. The first-order valence-electron chi connectivity index (χ1n) is 6.87. The molecule has 3 rings (SSSR count). The highest BCUT2D eigenvalue weighted by molar-refractivity contribution is 5.38. The molecule has 2 heterocycles. The molecule has 1 aromatic carbocycles. The zero-order valence-corrected chi connectivity index (χ0v) is 12.8. The van der Waals surface area contributed by atoms with E-state index in [9.17, 15) is 0 Å². The smallest absolute Gasteiger partial charge is 0.278 e. The first-order chi connectivity index (χ1) is 10.3. The van der Waals surface area contributed by atoms with Crippen molar-refractivity contribution in [2.45, 2.75) is 25.0 Å². The lowest BCUT2D eigenvalue weighted by molar-refractivity contribution is 0.0680. The molecule has 0 saturated carbocycles. The van der Waals surface area contributed by atoms with E-state index < -0.39 is 11.2 Å². The van der Waals surface area contributed by atoms with E-state index in [0.717, 1.165) is 11.1 Å². The lowest BCUT2D eigenvalue weighted by Crippen LogP contribution is -2.24. The van der Waals surface area contributed by atoms with E-state index in [4.69, 9.17) is 18.9 Å². The van der Waals surface area contributed by atoms with E-state index in [-0.39, 0.29) is 11.9 Å². The van der Waals surface area contributed by atoms with Gasteiger partial charge in [-0.05, 0) is 27.0 Å². The van der Waals surface area contributed by atoms with Crippen LogP contribution in [0.2, 0.25) is 0 Å². The maximum Gasteiger partial charge on any atom is 0.278 e. The summed E-state index contributed by atoms with van der Waals surface area (Å²) in [4.78, 5) is 0. The normalized spacial score (nSPS) is 30.6. The molecule has 0 amide bonds. The Morgan fingerprint density at radius 1 is 0.682 bits per heavy atom. The largest absolute Gasteiger partial charge is 0.446 e. The fourth-order valence-electron chi connectivity index (χ4n) is 2.63. The van der Waals surface area contributed by atoms with Gasteiger partial charge >= 0.3 is 0 Å². The molecule has 4 nitrogen and oxygen atoms in total. The van der Waals surface area contributed by atoms with Gasteiger partial charge in [-0.15, -0.1) is 0 Å². The Labute approximate surface area is 129 Å². The van der Waals surface area contributed by atoms with Crippen LogP contribution in [0.3, 0.4) is 0 Å². The molecule has 0 radical (unpaired) electrons. The highest BCUT2D eigenvalue weighted by Gasteiger charge is 2.43. The molecule has 0 N–H and O–H groups in total. The highest BCUT2D eigenvalue weighted by atomic mass is 16.7. The summed E-state index contributed by atoms with van der Waals surface area (Å²) in [6, 6.07) is 7.74. The van der Waals surface area contributed by atoms with Crippen LogP contribution in [0, 0.1) is 0 Å². The lowest BCUT2D eigenvalue weighted by atomic mass is 9.89. The van der Waals surface area contributed by atoms with Crippen LogP contribution in [0.15, 0.2) is 74.0 Å². The molecule has 2 aliphatic rings. The minimum atomic E-state index is -0.746. The van der Waals surface area contributed by atoms with Crippen LogP contribution >= 0.6 is 0 Å². The highest BCUT2D eigenvalue weighted by Crippen LogP contribution is 2.44. The summed E-state index contributed by atoms with van der Waals surface area (Å²) in [6.45, 7) is 18.9. The van der Waals surface area contributed by atoms with E-state index in [1.807, 2.05) is 38.1 Å². The quantitative estimate of drug-likeness (QED) is 0.820. The number of rotatable bonds is 2. The van der Waals surface area contributed by atoms with Gasteiger partial charge in [0.2, 0.25) is 0 Å². The molecule has 2 fully saturated rings. The Hall–Kier alpha value is -2.62. The van der Waals surface area contributed by atoms with E-state index >= 15 is 0 Å². The Bertz CT molecular complexity index is 639. The van der Waals surface area contributed by atoms with Crippen LogP contribution < -0.4 is 0 Å². The zero-order valence-electron chi connectivity index (χ0n) is 12.8. The average Bonchev–Trinajstić information content (AvgIpc) is 2.87. The van der Waals surface area contributed by atoms with E-state index in [0.29, 0.717) is 11.5 Å². The third-order valence-electron chi connectivity index (χ3n) is 4.16. The summed E-state index contributed by atoms with van der Waals surface area (Å²) in [6.07, 6.45) is 0. The van der Waals surface area contributed by atoms with E-state index in [2.05, 4.69) is 26.3 Å². The SMILES string of the molecule is C=C1OC(=C)C(C)(c2ccc(C3(C)OC(=C)OC3=C)cc2)O1. The topological polar surface area (TPSA) is 36.9 Å². The number of hydrogen-bond donors (Lipinski definition) is 0. The molecule has 2 unspecified atom stereocenters. The van der Waals surface area contributed by atoms with Gasteiger partial charge in [-0.3, -0.25) is 0 Å². The van der Waals surface area contributed by atoms with Crippen molar-refractivity contribution in [2.75, 3.05) is 0 Å². The fraction of sp³-hybridized carbons (Fsp3) is 0.222. The second-order valence-electron chi connectivity index (χ2n) is 5.64. The summed E-state index contributed by atoms with van der Waals surface area (Å²) < 4.78 is 22.0. The molecule has 114 valence electrons. The molecule has 2 saturated heterocycles. The van der Waals surface area contributed by atoms with Crippen LogP contribution in [0.1, 0.15) is 25.0 Å². The molecule has 4 heteroatoms. The van der Waals surface area contributed by atoms with E-state index in [1.54, 1.807) is 0 Å². The Morgan fingerprint density at radius 2 is 1.00 bits per heavy atom. The molecule has 2 aliphatic heterocycles. The molecular weight excluding hydrogens is 280 g/mol. The summed E-state index contributed by atoms with van der Waals surface area (Å²) in [5.41, 5.74) is 0.326. The number of hydrogen-bond acceptors (Lipinski definition) is 4. The van der Waals surface area contributed by atoms with E-state index in [1.165, 1.54) is 0 Å². The minimum Gasteiger partial charge on any atom is -0.446 e. The standard InChI is InChI=1S/C18H18O4/c1-11-17(5,21-13(3)19-11)15-7-9-16(10-8-15)18(6)12(2)20-14(4)22-18/h7-10H,1-4H2,5-6H3. The Kier molecular flexibility index (Phi) is 2.89. The van der Waals surface area contributed by atoms with Crippen molar-refractivity contribution in [3.05, 3.63) is 85.1 Å². The van der Waals surface area contributed by atoms with Gasteiger partial charge in [0.15, 0.2) is 11.2 Å². The second-order valence-corrected chi connectivity index (χ2v) is 5.64. The van der Waals surface area contributed by atoms with Crippen molar-refractivity contribution in [3.8, 4) is 0 Å². The maximum absolute atomic E-state index is 5.67. The van der Waals surface area contributed by atoms with Crippen molar-refractivity contribution in [2.24, 2.45) is 0 Å². The van der Waals surface area contributed by atoms with Gasteiger partial charge in [0.05, 0.1) is 0 Å². The first kappa shape index (κ1) is 14.3. The van der Waals surface area contributed by atoms with Crippen LogP contribution in [0.25, 0.3) is 0 Å². The monoisotopic (exact) mass is 298 g/mol. The summed E-state index contributed by atoms with van der Waals surface area (Å²) >= 11 is 0. The van der Waals surface area contributed by atoms with Gasteiger partial charge in [0.25, 0.3) is 11.9 Å². The van der Waals surface area contributed by atoms with Crippen LogP contribution in [-0.2, 0) is 30.1 Å². The second kappa shape index (κ2) is 4.44. The summed E-state index contributed by atoms with van der Waals surface area (Å²) in [7, 11) is 0. The van der Waals surface area contributed by atoms with Gasteiger partial charge in [0, 0.05) is 11.1 Å². The number of benzene rings is 1. The molecule has 22 heavy (non-hydrogen) atoms. The molecule has 0 aromatic heterocycles. The third kappa shape index (κ3) is 1.91. The number of ether oxygens (including phenoxy) is 4. The van der Waals surface area contributed by atoms with Crippen molar-refractivity contribution < 1.29 is 18.9 Å². The molecule has 1 aromatic rings. The van der Waals surface area contributed by atoms with Crippen molar-refractivity contribution in [3.63, 3.8) is 0 Å². The van der Waals surface area contributed by atoms with Crippen LogP contribution in [0.5, 0.6) is 0 Å². The Balaban J connectivity index is 1.94. The molecular formula is C18H18O4. The van der Waals surface area contributed by atoms with Crippen molar-refractivity contribution in [1.82, 2.24) is 0 Å². The summed E-state index contributed by atoms with van der Waals surface area (Å²) in [5.74, 6) is 1.52. The van der Waals surface area contributed by atoms with Gasteiger partial charge in [-0.25, -0.2) is 0 Å². The molecule has 2 atom stereocenters. The first-order valence-corrected chi connectivity index (χ1v) is 6.87. The van der Waals surface area contributed by atoms with Gasteiger partial charge in [-0.2, -0.15) is 0 Å². The summed E-state index contributed by atoms with van der Waals surface area (Å²) in [5, 5.41) is 0. The molecule has 0 bridgehead atoms. The minimum absolute atomic E-state index is 0.251. The molecule has 0 spiro atoms. The van der Waals surface area contributed by atoms with Gasteiger partial charge in [0.1, 0.15) is 11.5 Å². The van der Waals surface area contributed by atoms with Crippen LogP contribution in [-0.4, -0.2) is 0 Å². The van der Waals surface area contributed by atoms with Crippen molar-refractivity contribution >= 4 is 0 Å². The zero-order chi connectivity index (χ0) is 16.1. The van der Waals surface area contributed by atoms with Gasteiger partial charge in [-0.1, -0.05) is 37.4 Å². The molecule has 0 aliphatic carbocycles. The Morgan fingerprint density at radius 3 is 1.23 bits per heavy atom. The van der Waals surface area contributed by atoms with Crippen LogP contribution in [0.4, 0.5) is 0 Å². The predicted molar refractivity (Wildman–Crippen MR) is 82.0 cm³/mol. The predicted octanol–water partition coefficient (Wildman–Crippen LogP) is 4.18. The fourth-order valence-corrected chi connectivity index (χ4v) is 2.63.